The van der Waals surface area contributed by atoms with E-state index in [1.807, 2.05) is 0 Å². The number of nitrogens with zero attached hydrogens (tertiary/aromatic N) is 3. The van der Waals surface area contributed by atoms with Crippen LogP contribution in [-0.4, -0.2) is 50.2 Å². The Morgan fingerprint density at radius 3 is 2.92 bits per heavy atom. The molecule has 0 aromatic carbocycles. The number of hydrogen-bond donors (Lipinski definition) is 3. The normalized spacial score (nSPS) is 15.6. The maximum absolute atomic E-state index is 8.97. The molecule has 0 aliphatic heterocycles. The summed E-state index contributed by atoms with van der Waals surface area (Å²) in [5.41, 5.74) is 0. The van der Waals surface area contributed by atoms with E-state index in [2.05, 4.69) is 20.6 Å². The molecule has 3 N–H and O–H groups in total. The third-order valence-corrected chi connectivity index (χ3v) is 1.47. The van der Waals surface area contributed by atoms with Crippen LogP contribution in [0, 0.1) is 0 Å². The second-order valence-corrected chi connectivity index (χ2v) is 2.58. The van der Waals surface area contributed by atoms with Crippen molar-refractivity contribution in [3.63, 3.8) is 0 Å². The molecule has 0 spiro atoms. The van der Waals surface area contributed by atoms with Gasteiger partial charge in [-0.2, -0.15) is 5.21 Å². The van der Waals surface area contributed by atoms with Crippen molar-refractivity contribution in [1.82, 2.24) is 20.6 Å². The minimum atomic E-state index is -0.866. The lowest BCUT2D eigenvalue weighted by Gasteiger charge is -2.11. The van der Waals surface area contributed by atoms with Gasteiger partial charge in [0.2, 0.25) is 5.82 Å². The van der Waals surface area contributed by atoms with Gasteiger partial charge in [-0.05, 0) is 6.92 Å². The average molecular weight is 188 g/mol. The van der Waals surface area contributed by atoms with Crippen LogP contribution in [0.25, 0.3) is 0 Å². The lowest BCUT2D eigenvalue weighted by atomic mass is 10.3. The van der Waals surface area contributed by atoms with Crippen molar-refractivity contribution in [2.75, 3.05) is 13.2 Å². The van der Waals surface area contributed by atoms with Crippen LogP contribution in [0.2, 0.25) is 0 Å². The highest BCUT2D eigenvalue weighted by Gasteiger charge is 2.12. The molecule has 1 rings (SSSR count). The molecule has 74 valence electrons. The fourth-order valence-electron chi connectivity index (χ4n) is 0.724. The number of aromatic amines is 1. The Kier molecular flexibility index (Phi) is 3.74. The van der Waals surface area contributed by atoms with Crippen molar-refractivity contribution >= 4 is 0 Å². The molecule has 0 aliphatic carbocycles. The first kappa shape index (κ1) is 10.0. The average Bonchev–Trinajstić information content (AvgIpc) is 2.66. The highest BCUT2D eigenvalue weighted by atomic mass is 16.5. The zero-order chi connectivity index (χ0) is 9.68. The van der Waals surface area contributed by atoms with Gasteiger partial charge in [-0.3, -0.25) is 0 Å². The van der Waals surface area contributed by atoms with Gasteiger partial charge in [-0.15, -0.1) is 10.2 Å². The van der Waals surface area contributed by atoms with Gasteiger partial charge in [0.25, 0.3) is 0 Å². The number of tetrazole rings is 1. The summed E-state index contributed by atoms with van der Waals surface area (Å²) in [6.07, 6.45) is -1.21. The molecule has 13 heavy (non-hydrogen) atoms. The Hall–Kier alpha value is -1.05. The highest BCUT2D eigenvalue weighted by molar-refractivity contribution is 4.81. The van der Waals surface area contributed by atoms with Crippen molar-refractivity contribution in [3.8, 4) is 0 Å². The van der Waals surface area contributed by atoms with Crippen LogP contribution in [0.3, 0.4) is 0 Å². The van der Waals surface area contributed by atoms with Crippen molar-refractivity contribution in [3.05, 3.63) is 5.82 Å². The Labute approximate surface area is 74.7 Å². The molecule has 0 radical (unpaired) electrons. The predicted octanol–water partition coefficient (Wildman–Crippen LogP) is -1.37. The Bertz CT molecular complexity index is 228. The van der Waals surface area contributed by atoms with Crippen LogP contribution in [0.4, 0.5) is 0 Å². The van der Waals surface area contributed by atoms with Crippen LogP contribution in [0.15, 0.2) is 0 Å². The Balaban J connectivity index is 2.30. The van der Waals surface area contributed by atoms with Crippen LogP contribution in [0.5, 0.6) is 0 Å². The molecule has 0 aliphatic rings. The van der Waals surface area contributed by atoms with Gasteiger partial charge < -0.3 is 14.9 Å². The first-order valence-electron chi connectivity index (χ1n) is 3.88. The van der Waals surface area contributed by atoms with E-state index in [-0.39, 0.29) is 19.3 Å². The number of H-pyrrole nitrogens is 1. The maximum Gasteiger partial charge on any atom is 0.202 e. The minimum Gasteiger partial charge on any atom is -0.394 e. The Morgan fingerprint density at radius 2 is 2.38 bits per heavy atom. The first-order valence-corrected chi connectivity index (χ1v) is 3.88. The van der Waals surface area contributed by atoms with E-state index >= 15 is 0 Å². The summed E-state index contributed by atoms with van der Waals surface area (Å²) in [6.45, 7) is 1.46. The molecular weight excluding hydrogens is 176 g/mol. The first-order chi connectivity index (χ1) is 6.24. The van der Waals surface area contributed by atoms with Gasteiger partial charge in [-0.25, -0.2) is 0 Å². The quantitative estimate of drug-likeness (QED) is 0.526. The van der Waals surface area contributed by atoms with Gasteiger partial charge in [0.05, 0.1) is 13.2 Å². The SMILES string of the molecule is CC(OCC(O)CO)c1nn[nH]n1. The predicted molar refractivity (Wildman–Crippen MR) is 41.6 cm³/mol. The maximum atomic E-state index is 8.97. The van der Waals surface area contributed by atoms with E-state index in [0.717, 1.165) is 0 Å². The molecular formula is C6H12N4O3. The lowest BCUT2D eigenvalue weighted by Crippen LogP contribution is -2.20. The molecule has 0 bridgehead atoms. The molecule has 2 unspecified atom stereocenters. The van der Waals surface area contributed by atoms with E-state index in [1.54, 1.807) is 6.92 Å². The molecule has 7 heteroatoms. The third-order valence-electron chi connectivity index (χ3n) is 1.47. The Morgan fingerprint density at radius 1 is 1.62 bits per heavy atom. The van der Waals surface area contributed by atoms with E-state index in [0.29, 0.717) is 5.82 Å². The number of rotatable bonds is 5. The molecule has 2 atom stereocenters. The summed E-state index contributed by atoms with van der Waals surface area (Å²) in [4.78, 5) is 0. The summed E-state index contributed by atoms with van der Waals surface area (Å²) in [5, 5.41) is 30.5. The zero-order valence-corrected chi connectivity index (χ0v) is 7.21. The fraction of sp³-hybridized carbons (Fsp3) is 0.833. The number of ether oxygens (including phenoxy) is 1. The molecule has 1 aromatic heterocycles. The zero-order valence-electron chi connectivity index (χ0n) is 7.21. The lowest BCUT2D eigenvalue weighted by molar-refractivity contribution is -0.0261. The highest BCUT2D eigenvalue weighted by Crippen LogP contribution is 2.09. The number of aliphatic hydroxyl groups is 2. The summed E-state index contributed by atoms with van der Waals surface area (Å²) < 4.78 is 5.14. The molecule has 0 saturated heterocycles. The van der Waals surface area contributed by atoms with Crippen molar-refractivity contribution in [1.29, 1.82) is 0 Å². The molecule has 0 fully saturated rings. The minimum absolute atomic E-state index is 0.0478. The van der Waals surface area contributed by atoms with E-state index < -0.39 is 6.10 Å². The standard InChI is InChI=1S/C6H12N4O3/c1-4(6-7-9-10-8-6)13-3-5(12)2-11/h4-5,11-12H,2-3H2,1H3,(H,7,8,9,10). The van der Waals surface area contributed by atoms with Crippen LogP contribution in [-0.2, 0) is 4.74 Å². The van der Waals surface area contributed by atoms with Crippen molar-refractivity contribution < 1.29 is 14.9 Å². The summed E-state index contributed by atoms with van der Waals surface area (Å²) in [5.74, 6) is 0.421. The summed E-state index contributed by atoms with van der Waals surface area (Å²) in [7, 11) is 0. The van der Waals surface area contributed by atoms with E-state index in [9.17, 15) is 0 Å². The number of aliphatic hydroxyl groups excluding tert-OH is 2. The fourth-order valence-corrected chi connectivity index (χ4v) is 0.724. The van der Waals surface area contributed by atoms with Gasteiger partial charge in [0, 0.05) is 0 Å². The second-order valence-electron chi connectivity index (χ2n) is 2.58. The van der Waals surface area contributed by atoms with Crippen LogP contribution >= 0.6 is 0 Å². The number of hydrogen-bond acceptors (Lipinski definition) is 6. The molecule has 7 nitrogen and oxygen atoms in total. The van der Waals surface area contributed by atoms with E-state index in [1.165, 1.54) is 0 Å². The summed E-state index contributed by atoms with van der Waals surface area (Å²) in [6, 6.07) is 0. The third kappa shape index (κ3) is 3.05. The monoisotopic (exact) mass is 188 g/mol. The van der Waals surface area contributed by atoms with Crippen LogP contribution < -0.4 is 0 Å². The second kappa shape index (κ2) is 4.85. The smallest absolute Gasteiger partial charge is 0.202 e. The number of aromatic nitrogens is 4. The van der Waals surface area contributed by atoms with Gasteiger partial charge in [0.1, 0.15) is 12.2 Å². The van der Waals surface area contributed by atoms with Crippen molar-refractivity contribution in [2.45, 2.75) is 19.1 Å². The topological polar surface area (TPSA) is 104 Å². The van der Waals surface area contributed by atoms with Gasteiger partial charge in [0.15, 0.2) is 0 Å². The van der Waals surface area contributed by atoms with Gasteiger partial charge >= 0.3 is 0 Å². The molecule has 1 heterocycles. The van der Waals surface area contributed by atoms with E-state index in [4.69, 9.17) is 14.9 Å². The molecule has 1 aromatic rings. The molecule has 0 amide bonds. The van der Waals surface area contributed by atoms with Gasteiger partial charge in [-0.1, -0.05) is 5.21 Å². The van der Waals surface area contributed by atoms with Crippen molar-refractivity contribution in [2.24, 2.45) is 0 Å². The molecule has 0 saturated carbocycles. The van der Waals surface area contributed by atoms with Crippen LogP contribution in [0.1, 0.15) is 18.9 Å². The number of nitrogens with one attached hydrogen (secondary N) is 1. The summed E-state index contributed by atoms with van der Waals surface area (Å²) >= 11 is 0. The largest absolute Gasteiger partial charge is 0.394 e.